The number of carbonyl (C=O) groups is 2. The molecule has 3 aromatic carbocycles. The van der Waals surface area contributed by atoms with E-state index in [0.717, 1.165) is 5.56 Å². The molecule has 0 aliphatic heterocycles. The van der Waals surface area contributed by atoms with E-state index in [9.17, 15) is 9.59 Å². The smallest absolute Gasteiger partial charge is 0.262 e. The molecule has 0 saturated heterocycles. The Morgan fingerprint density at radius 1 is 0.893 bits per heavy atom. The van der Waals surface area contributed by atoms with Crippen molar-refractivity contribution < 1.29 is 14.3 Å². The summed E-state index contributed by atoms with van der Waals surface area (Å²) in [5.41, 5.74) is 2.71. The van der Waals surface area contributed by atoms with E-state index < -0.39 is 0 Å². The van der Waals surface area contributed by atoms with E-state index in [0.29, 0.717) is 27.7 Å². The molecule has 0 atom stereocenters. The van der Waals surface area contributed by atoms with Crippen molar-refractivity contribution in [3.63, 3.8) is 0 Å². The Labute approximate surface area is 168 Å². The van der Waals surface area contributed by atoms with E-state index in [4.69, 9.17) is 16.3 Å². The molecule has 0 aromatic heterocycles. The van der Waals surface area contributed by atoms with Crippen LogP contribution in [0, 0.1) is 6.92 Å². The lowest BCUT2D eigenvalue weighted by atomic mass is 10.1. The van der Waals surface area contributed by atoms with Gasteiger partial charge in [-0.05, 0) is 49.4 Å². The Balaban J connectivity index is 1.59. The molecule has 28 heavy (non-hydrogen) atoms. The van der Waals surface area contributed by atoms with Crippen molar-refractivity contribution in [3.05, 3.63) is 88.9 Å². The van der Waals surface area contributed by atoms with Crippen LogP contribution in [0.5, 0.6) is 5.75 Å². The summed E-state index contributed by atoms with van der Waals surface area (Å²) >= 11 is 6.00. The Morgan fingerprint density at radius 2 is 1.61 bits per heavy atom. The summed E-state index contributed by atoms with van der Waals surface area (Å²) in [5.74, 6) is -0.102. The van der Waals surface area contributed by atoms with E-state index in [1.54, 1.807) is 54.6 Å². The minimum Gasteiger partial charge on any atom is -0.482 e. The molecule has 2 amide bonds. The zero-order valence-corrected chi connectivity index (χ0v) is 16.0. The Morgan fingerprint density at radius 3 is 2.36 bits per heavy atom. The second-order valence-electron chi connectivity index (χ2n) is 6.17. The predicted molar refractivity (Wildman–Crippen MR) is 111 cm³/mol. The molecular formula is C22H19ClN2O3. The number of rotatable bonds is 6. The highest BCUT2D eigenvalue weighted by Crippen LogP contribution is 2.23. The maximum Gasteiger partial charge on any atom is 0.262 e. The van der Waals surface area contributed by atoms with Gasteiger partial charge in [0, 0.05) is 16.9 Å². The molecular weight excluding hydrogens is 376 g/mol. The van der Waals surface area contributed by atoms with Gasteiger partial charge in [-0.2, -0.15) is 0 Å². The topological polar surface area (TPSA) is 67.4 Å². The number of para-hydroxylation sites is 1. The summed E-state index contributed by atoms with van der Waals surface area (Å²) in [6.07, 6.45) is 0. The predicted octanol–water partition coefficient (Wildman–Crippen LogP) is 4.92. The van der Waals surface area contributed by atoms with Crippen LogP contribution < -0.4 is 15.4 Å². The van der Waals surface area contributed by atoms with Crippen LogP contribution in [-0.2, 0) is 4.79 Å². The monoisotopic (exact) mass is 394 g/mol. The second kappa shape index (κ2) is 9.06. The molecule has 0 radical (unpaired) electrons. The fraction of sp³-hybridized carbons (Fsp3) is 0.0909. The van der Waals surface area contributed by atoms with Gasteiger partial charge in [0.1, 0.15) is 5.75 Å². The second-order valence-corrected chi connectivity index (χ2v) is 6.58. The van der Waals surface area contributed by atoms with Crippen molar-refractivity contribution in [1.29, 1.82) is 0 Å². The summed E-state index contributed by atoms with van der Waals surface area (Å²) in [6, 6.07) is 21.2. The lowest BCUT2D eigenvalue weighted by Crippen LogP contribution is -2.20. The van der Waals surface area contributed by atoms with Crippen molar-refractivity contribution >= 4 is 34.8 Å². The van der Waals surface area contributed by atoms with Gasteiger partial charge in [0.05, 0.1) is 5.02 Å². The molecule has 3 rings (SSSR count). The number of anilines is 2. The van der Waals surface area contributed by atoms with Crippen LogP contribution in [0.2, 0.25) is 5.02 Å². The number of aryl methyl sites for hydroxylation is 1. The summed E-state index contributed by atoms with van der Waals surface area (Å²) in [6.45, 7) is 1.75. The third-order valence-corrected chi connectivity index (χ3v) is 4.19. The number of carbonyl (C=O) groups excluding carboxylic acids is 2. The number of benzene rings is 3. The SMILES string of the molecule is Cc1cccc(C(=O)Nc2cccc(NC(=O)COc3ccccc3Cl)c2)c1. The average molecular weight is 395 g/mol. The van der Waals surface area contributed by atoms with Crippen molar-refractivity contribution in [3.8, 4) is 5.75 Å². The summed E-state index contributed by atoms with van der Waals surface area (Å²) in [5, 5.41) is 6.00. The van der Waals surface area contributed by atoms with Gasteiger partial charge in [0.25, 0.3) is 11.8 Å². The van der Waals surface area contributed by atoms with Gasteiger partial charge < -0.3 is 15.4 Å². The standard InChI is InChI=1S/C22H19ClN2O3/c1-15-6-4-7-16(12-15)22(27)25-18-9-5-8-17(13-18)24-21(26)14-28-20-11-3-2-10-19(20)23/h2-13H,14H2,1H3,(H,24,26)(H,25,27). The third kappa shape index (κ3) is 5.34. The first-order valence-electron chi connectivity index (χ1n) is 8.66. The van der Waals surface area contributed by atoms with Gasteiger partial charge in [-0.3, -0.25) is 9.59 Å². The van der Waals surface area contributed by atoms with E-state index in [1.807, 2.05) is 25.1 Å². The number of hydrogen-bond donors (Lipinski definition) is 2. The van der Waals surface area contributed by atoms with Crippen molar-refractivity contribution in [2.75, 3.05) is 17.2 Å². The van der Waals surface area contributed by atoms with Gasteiger partial charge in [0.2, 0.25) is 0 Å². The Kier molecular flexibility index (Phi) is 6.29. The highest BCUT2D eigenvalue weighted by atomic mass is 35.5. The zero-order chi connectivity index (χ0) is 19.9. The van der Waals surface area contributed by atoms with Crippen LogP contribution in [0.15, 0.2) is 72.8 Å². The van der Waals surface area contributed by atoms with E-state index in [1.165, 1.54) is 0 Å². The lowest BCUT2D eigenvalue weighted by molar-refractivity contribution is -0.118. The molecule has 0 bridgehead atoms. The largest absolute Gasteiger partial charge is 0.482 e. The number of hydrogen-bond acceptors (Lipinski definition) is 3. The van der Waals surface area contributed by atoms with Crippen LogP contribution in [0.4, 0.5) is 11.4 Å². The third-order valence-electron chi connectivity index (χ3n) is 3.88. The maximum atomic E-state index is 12.4. The van der Waals surface area contributed by atoms with Crippen LogP contribution in [0.3, 0.4) is 0 Å². The fourth-order valence-electron chi connectivity index (χ4n) is 2.57. The molecule has 6 heteroatoms. The summed E-state index contributed by atoms with van der Waals surface area (Å²) in [7, 11) is 0. The molecule has 0 aliphatic carbocycles. The molecule has 0 fully saturated rings. The first-order chi connectivity index (χ1) is 13.5. The quantitative estimate of drug-likeness (QED) is 0.623. The number of halogens is 1. The molecule has 0 heterocycles. The highest BCUT2D eigenvalue weighted by Gasteiger charge is 2.09. The normalized spacial score (nSPS) is 10.2. The van der Waals surface area contributed by atoms with Gasteiger partial charge in [0.15, 0.2) is 6.61 Å². The Hall–Kier alpha value is -3.31. The van der Waals surface area contributed by atoms with Crippen molar-refractivity contribution in [2.24, 2.45) is 0 Å². The van der Waals surface area contributed by atoms with E-state index >= 15 is 0 Å². The fourth-order valence-corrected chi connectivity index (χ4v) is 2.76. The summed E-state index contributed by atoms with van der Waals surface area (Å²) < 4.78 is 5.42. The molecule has 0 unspecified atom stereocenters. The number of ether oxygens (including phenoxy) is 1. The van der Waals surface area contributed by atoms with Crippen molar-refractivity contribution in [1.82, 2.24) is 0 Å². The summed E-state index contributed by atoms with van der Waals surface area (Å²) in [4.78, 5) is 24.5. The first-order valence-corrected chi connectivity index (χ1v) is 9.04. The molecule has 3 aromatic rings. The lowest BCUT2D eigenvalue weighted by Gasteiger charge is -2.10. The van der Waals surface area contributed by atoms with Crippen LogP contribution in [0.25, 0.3) is 0 Å². The van der Waals surface area contributed by atoms with Gasteiger partial charge >= 0.3 is 0 Å². The molecule has 0 saturated carbocycles. The molecule has 2 N–H and O–H groups in total. The molecule has 0 aliphatic rings. The number of nitrogens with one attached hydrogen (secondary N) is 2. The van der Waals surface area contributed by atoms with Gasteiger partial charge in [-0.15, -0.1) is 0 Å². The zero-order valence-electron chi connectivity index (χ0n) is 15.2. The number of amides is 2. The van der Waals surface area contributed by atoms with Crippen LogP contribution >= 0.6 is 11.6 Å². The van der Waals surface area contributed by atoms with Crippen molar-refractivity contribution in [2.45, 2.75) is 6.92 Å². The van der Waals surface area contributed by atoms with Crippen LogP contribution in [0.1, 0.15) is 15.9 Å². The van der Waals surface area contributed by atoms with Gasteiger partial charge in [-0.25, -0.2) is 0 Å². The average Bonchev–Trinajstić information content (AvgIpc) is 2.67. The molecule has 142 valence electrons. The van der Waals surface area contributed by atoms with E-state index in [2.05, 4.69) is 10.6 Å². The highest BCUT2D eigenvalue weighted by molar-refractivity contribution is 6.32. The first kappa shape index (κ1) is 19.5. The maximum absolute atomic E-state index is 12.4. The molecule has 0 spiro atoms. The Bertz CT molecular complexity index is 1000. The van der Waals surface area contributed by atoms with E-state index in [-0.39, 0.29) is 18.4 Å². The van der Waals surface area contributed by atoms with Crippen LogP contribution in [-0.4, -0.2) is 18.4 Å². The van der Waals surface area contributed by atoms with Gasteiger partial charge in [-0.1, -0.05) is 47.5 Å². The molecule has 5 nitrogen and oxygen atoms in total. The minimum absolute atomic E-state index is 0.177. The minimum atomic E-state index is -0.331.